The Balaban J connectivity index is 2.27. The summed E-state index contributed by atoms with van der Waals surface area (Å²) < 4.78 is 0.943. The molecule has 2 aromatic carbocycles. The zero-order valence-corrected chi connectivity index (χ0v) is 12.0. The normalized spacial score (nSPS) is 12.5. The van der Waals surface area contributed by atoms with Crippen LogP contribution in [0.5, 0.6) is 0 Å². The van der Waals surface area contributed by atoms with Crippen molar-refractivity contribution in [2.24, 2.45) is 0 Å². The molecule has 0 fully saturated rings. The van der Waals surface area contributed by atoms with Crippen molar-refractivity contribution in [1.29, 1.82) is 0 Å². The Labute approximate surface area is 116 Å². The highest BCUT2D eigenvalue weighted by Crippen LogP contribution is 2.38. The molecule has 0 unspecified atom stereocenters. The van der Waals surface area contributed by atoms with Gasteiger partial charge >= 0.3 is 0 Å². The Kier molecular flexibility index (Phi) is 2.68. The van der Waals surface area contributed by atoms with Crippen molar-refractivity contribution in [2.75, 3.05) is 0 Å². The van der Waals surface area contributed by atoms with Gasteiger partial charge in [-0.2, -0.15) is 0 Å². The third kappa shape index (κ3) is 1.69. The average Bonchev–Trinajstić information content (AvgIpc) is 2.62. The lowest BCUT2D eigenvalue weighted by atomic mass is 10.0. The van der Waals surface area contributed by atoms with Gasteiger partial charge in [-0.15, -0.1) is 0 Å². The van der Waals surface area contributed by atoms with Crippen molar-refractivity contribution in [3.63, 3.8) is 0 Å². The molecule has 0 bridgehead atoms. The van der Waals surface area contributed by atoms with Crippen LogP contribution >= 0.6 is 31.9 Å². The van der Waals surface area contributed by atoms with Crippen molar-refractivity contribution in [2.45, 2.75) is 5.33 Å². The van der Waals surface area contributed by atoms with Crippen LogP contribution in [0, 0.1) is 0 Å². The monoisotopic (exact) mass is 350 g/mol. The molecule has 0 aromatic heterocycles. The Bertz CT molecular complexity index is 632. The Morgan fingerprint density at radius 3 is 2.24 bits per heavy atom. The molecule has 1 nitrogen and oxygen atoms in total. The van der Waals surface area contributed by atoms with Gasteiger partial charge in [0.1, 0.15) is 0 Å². The fourth-order valence-corrected chi connectivity index (χ4v) is 2.89. The van der Waals surface area contributed by atoms with Crippen LogP contribution in [0.25, 0.3) is 11.1 Å². The van der Waals surface area contributed by atoms with Gasteiger partial charge in [0.25, 0.3) is 0 Å². The summed E-state index contributed by atoms with van der Waals surface area (Å²) in [6.07, 6.45) is 0. The van der Waals surface area contributed by atoms with Gasteiger partial charge in [0.05, 0.1) is 0 Å². The van der Waals surface area contributed by atoms with E-state index >= 15 is 0 Å². The second-order valence-corrected chi connectivity index (χ2v) is 5.51. The molecule has 1 aliphatic carbocycles. The van der Waals surface area contributed by atoms with Gasteiger partial charge < -0.3 is 0 Å². The summed E-state index contributed by atoms with van der Waals surface area (Å²) in [5.74, 6) is 0.124. The number of rotatable bonds is 1. The molecule has 0 heterocycles. The number of fused-ring (bicyclic) bond motifs is 3. The summed E-state index contributed by atoms with van der Waals surface area (Å²) >= 11 is 6.82. The number of alkyl halides is 1. The average molecular weight is 352 g/mol. The van der Waals surface area contributed by atoms with Crippen molar-refractivity contribution in [1.82, 2.24) is 0 Å². The number of halogens is 2. The van der Waals surface area contributed by atoms with Crippen molar-refractivity contribution in [3.8, 4) is 11.1 Å². The zero-order valence-electron chi connectivity index (χ0n) is 8.84. The molecule has 0 saturated carbocycles. The summed E-state index contributed by atoms with van der Waals surface area (Å²) in [7, 11) is 0. The molecule has 0 aliphatic heterocycles. The topological polar surface area (TPSA) is 17.1 Å². The molecule has 3 heteroatoms. The minimum absolute atomic E-state index is 0.124. The number of ketones is 1. The maximum Gasteiger partial charge on any atom is 0.194 e. The first-order chi connectivity index (χ1) is 8.20. The van der Waals surface area contributed by atoms with E-state index < -0.39 is 0 Å². The molecule has 0 radical (unpaired) electrons. The fraction of sp³-hybridized carbons (Fsp3) is 0.0714. The molecule has 0 atom stereocenters. The highest BCUT2D eigenvalue weighted by atomic mass is 79.9. The molecule has 0 saturated heterocycles. The largest absolute Gasteiger partial charge is 0.289 e. The van der Waals surface area contributed by atoms with E-state index in [4.69, 9.17) is 0 Å². The number of hydrogen-bond acceptors (Lipinski definition) is 1. The Morgan fingerprint density at radius 2 is 1.53 bits per heavy atom. The molecule has 0 N–H and O–H groups in total. The number of carbonyl (C=O) groups excluding carboxylic acids is 1. The number of carbonyl (C=O) groups is 1. The van der Waals surface area contributed by atoms with Gasteiger partial charge in [0, 0.05) is 20.9 Å². The van der Waals surface area contributed by atoms with E-state index in [1.54, 1.807) is 0 Å². The van der Waals surface area contributed by atoms with Crippen molar-refractivity contribution in [3.05, 3.63) is 57.6 Å². The lowest BCUT2D eigenvalue weighted by Crippen LogP contribution is -1.95. The number of hydrogen-bond donors (Lipinski definition) is 0. The maximum atomic E-state index is 12.3. The molecular formula is C14H8Br2O. The van der Waals surface area contributed by atoms with Gasteiger partial charge in [-0.3, -0.25) is 4.79 Å². The van der Waals surface area contributed by atoms with E-state index in [0.717, 1.165) is 37.6 Å². The molecule has 0 amide bonds. The van der Waals surface area contributed by atoms with E-state index in [-0.39, 0.29) is 5.78 Å². The van der Waals surface area contributed by atoms with Gasteiger partial charge in [-0.05, 0) is 34.9 Å². The summed E-state index contributed by atoms with van der Waals surface area (Å²) in [5.41, 5.74) is 4.82. The van der Waals surface area contributed by atoms with Crippen LogP contribution in [-0.2, 0) is 5.33 Å². The second kappa shape index (κ2) is 4.07. The third-order valence-electron chi connectivity index (χ3n) is 3.00. The van der Waals surface area contributed by atoms with Crippen LogP contribution in [-0.4, -0.2) is 5.78 Å². The van der Waals surface area contributed by atoms with Gasteiger partial charge in [-0.25, -0.2) is 0 Å². The Morgan fingerprint density at radius 1 is 0.882 bits per heavy atom. The first-order valence-electron chi connectivity index (χ1n) is 5.24. The molecule has 84 valence electrons. The minimum atomic E-state index is 0.124. The van der Waals surface area contributed by atoms with Crippen molar-refractivity contribution >= 4 is 37.6 Å². The van der Waals surface area contributed by atoms with Crippen LogP contribution in [0.3, 0.4) is 0 Å². The Hall–Kier alpha value is -0.930. The van der Waals surface area contributed by atoms with E-state index in [1.807, 2.05) is 30.3 Å². The van der Waals surface area contributed by atoms with Crippen LogP contribution in [0.2, 0.25) is 0 Å². The molecule has 0 spiro atoms. The second-order valence-electron chi connectivity index (χ2n) is 4.03. The first kappa shape index (κ1) is 11.2. The molecule has 17 heavy (non-hydrogen) atoms. The quantitative estimate of drug-likeness (QED) is 0.587. The van der Waals surface area contributed by atoms with E-state index in [2.05, 4.69) is 37.9 Å². The predicted molar refractivity (Wildman–Crippen MR) is 75.6 cm³/mol. The van der Waals surface area contributed by atoms with Crippen LogP contribution in [0.1, 0.15) is 21.5 Å². The van der Waals surface area contributed by atoms with Gasteiger partial charge in [0.2, 0.25) is 0 Å². The summed E-state index contributed by atoms with van der Waals surface area (Å²) in [6, 6.07) is 11.9. The highest BCUT2D eigenvalue weighted by Gasteiger charge is 2.26. The number of benzene rings is 2. The standard InChI is InChI=1S/C14H8Br2O/c15-7-8-1-3-10-11-4-2-9(16)6-13(11)14(17)12(10)5-8/h1-6H,7H2. The van der Waals surface area contributed by atoms with Gasteiger partial charge in [-0.1, -0.05) is 50.1 Å². The third-order valence-corrected chi connectivity index (χ3v) is 4.14. The lowest BCUT2D eigenvalue weighted by molar-refractivity contribution is 0.104. The molecule has 3 rings (SSSR count). The van der Waals surface area contributed by atoms with Crippen molar-refractivity contribution < 1.29 is 4.79 Å². The molecular weight excluding hydrogens is 344 g/mol. The fourth-order valence-electron chi connectivity index (χ4n) is 2.18. The first-order valence-corrected chi connectivity index (χ1v) is 7.15. The van der Waals surface area contributed by atoms with E-state index in [0.29, 0.717) is 0 Å². The minimum Gasteiger partial charge on any atom is -0.289 e. The van der Waals surface area contributed by atoms with E-state index in [1.165, 1.54) is 0 Å². The van der Waals surface area contributed by atoms with Gasteiger partial charge in [0.15, 0.2) is 5.78 Å². The summed E-state index contributed by atoms with van der Waals surface area (Å²) in [5, 5.41) is 0.771. The highest BCUT2D eigenvalue weighted by molar-refractivity contribution is 9.10. The van der Waals surface area contributed by atoms with Crippen LogP contribution in [0.4, 0.5) is 0 Å². The SMILES string of the molecule is O=C1c2cc(Br)ccc2-c2ccc(CBr)cc21. The summed E-state index contributed by atoms with van der Waals surface area (Å²) in [6.45, 7) is 0. The van der Waals surface area contributed by atoms with Crippen LogP contribution in [0.15, 0.2) is 40.9 Å². The molecule has 1 aliphatic rings. The van der Waals surface area contributed by atoms with Crippen LogP contribution < -0.4 is 0 Å². The summed E-state index contributed by atoms with van der Waals surface area (Å²) in [4.78, 5) is 12.3. The smallest absolute Gasteiger partial charge is 0.194 e. The molecule has 2 aromatic rings. The zero-order chi connectivity index (χ0) is 12.0. The maximum absolute atomic E-state index is 12.3. The lowest BCUT2D eigenvalue weighted by Gasteiger charge is -2.01. The van der Waals surface area contributed by atoms with E-state index in [9.17, 15) is 4.79 Å². The predicted octanol–water partition coefficient (Wildman–Crippen LogP) is 4.56.